The van der Waals surface area contributed by atoms with Crippen LogP contribution in [0.5, 0.6) is 5.75 Å². The van der Waals surface area contributed by atoms with E-state index < -0.39 is 0 Å². The largest absolute Gasteiger partial charge is 0.496 e. The van der Waals surface area contributed by atoms with Gasteiger partial charge in [0.05, 0.1) is 12.7 Å². The minimum atomic E-state index is -0.235. The molecule has 2 amide bonds. The Labute approximate surface area is 130 Å². The summed E-state index contributed by atoms with van der Waals surface area (Å²) in [6, 6.07) is 5.34. The SMILES string of the molecule is COc1cccc(C)c1C(=O)N1CCN2CCNC(=O)[C@H]2C1. The van der Waals surface area contributed by atoms with Crippen molar-refractivity contribution in [1.29, 1.82) is 0 Å². The van der Waals surface area contributed by atoms with Gasteiger partial charge >= 0.3 is 0 Å². The first-order chi connectivity index (χ1) is 10.6. The van der Waals surface area contributed by atoms with E-state index in [0.717, 1.165) is 18.7 Å². The van der Waals surface area contributed by atoms with Gasteiger partial charge in [-0.3, -0.25) is 14.5 Å². The van der Waals surface area contributed by atoms with Crippen LogP contribution in [0.4, 0.5) is 0 Å². The molecule has 1 atom stereocenters. The Hall–Kier alpha value is -2.08. The maximum atomic E-state index is 12.9. The summed E-state index contributed by atoms with van der Waals surface area (Å²) in [5.41, 5.74) is 1.48. The second-order valence-corrected chi connectivity index (χ2v) is 5.75. The highest BCUT2D eigenvalue weighted by molar-refractivity contribution is 5.99. The van der Waals surface area contributed by atoms with E-state index in [1.54, 1.807) is 18.1 Å². The highest BCUT2D eigenvalue weighted by Crippen LogP contribution is 2.25. The third-order valence-electron chi connectivity index (χ3n) is 4.45. The summed E-state index contributed by atoms with van der Waals surface area (Å²) in [5.74, 6) is 0.536. The van der Waals surface area contributed by atoms with E-state index in [1.165, 1.54) is 0 Å². The lowest BCUT2D eigenvalue weighted by molar-refractivity contribution is -0.131. The third-order valence-corrected chi connectivity index (χ3v) is 4.45. The van der Waals surface area contributed by atoms with Gasteiger partial charge in [-0.2, -0.15) is 0 Å². The molecule has 2 saturated heterocycles. The highest BCUT2D eigenvalue weighted by atomic mass is 16.5. The summed E-state index contributed by atoms with van der Waals surface area (Å²) in [6.45, 7) is 5.25. The standard InChI is InChI=1S/C16H21N3O3/c1-11-4-3-5-13(22-2)14(11)16(21)19-9-8-18-7-6-17-15(20)12(18)10-19/h3-5,12H,6-10H2,1-2H3,(H,17,20)/t12-/m1/s1. The van der Waals surface area contributed by atoms with Crippen LogP contribution in [-0.4, -0.2) is 67.5 Å². The van der Waals surface area contributed by atoms with Crippen LogP contribution >= 0.6 is 0 Å². The number of ether oxygens (including phenoxy) is 1. The number of methoxy groups -OCH3 is 1. The number of carbonyl (C=O) groups is 2. The number of rotatable bonds is 2. The molecule has 0 bridgehead atoms. The number of carbonyl (C=O) groups excluding carboxylic acids is 2. The van der Waals surface area contributed by atoms with Crippen LogP contribution in [0.15, 0.2) is 18.2 Å². The molecule has 1 aromatic carbocycles. The summed E-state index contributed by atoms with van der Waals surface area (Å²) in [4.78, 5) is 28.8. The Balaban J connectivity index is 1.83. The van der Waals surface area contributed by atoms with Crippen molar-refractivity contribution in [3.8, 4) is 5.75 Å². The average Bonchev–Trinajstić information content (AvgIpc) is 2.54. The Morgan fingerprint density at radius 2 is 2.14 bits per heavy atom. The van der Waals surface area contributed by atoms with Crippen LogP contribution in [0.2, 0.25) is 0 Å². The molecule has 0 radical (unpaired) electrons. The molecule has 2 aliphatic heterocycles. The average molecular weight is 303 g/mol. The van der Waals surface area contributed by atoms with Gasteiger partial charge in [-0.15, -0.1) is 0 Å². The normalized spacial score (nSPS) is 22.0. The molecule has 118 valence electrons. The van der Waals surface area contributed by atoms with Crippen molar-refractivity contribution in [2.24, 2.45) is 0 Å². The predicted octanol–water partition coefficient (Wildman–Crippen LogP) is 0.260. The van der Waals surface area contributed by atoms with Gasteiger partial charge in [-0.1, -0.05) is 12.1 Å². The molecule has 0 spiro atoms. The lowest BCUT2D eigenvalue weighted by atomic mass is 10.0. The monoisotopic (exact) mass is 303 g/mol. The van der Waals surface area contributed by atoms with Crippen LogP contribution in [-0.2, 0) is 4.79 Å². The first kappa shape index (κ1) is 14.8. The summed E-state index contributed by atoms with van der Waals surface area (Å²) < 4.78 is 5.33. The molecule has 2 aliphatic rings. The zero-order valence-corrected chi connectivity index (χ0v) is 13.0. The smallest absolute Gasteiger partial charge is 0.258 e. The predicted molar refractivity (Wildman–Crippen MR) is 82.0 cm³/mol. The van der Waals surface area contributed by atoms with Crippen molar-refractivity contribution >= 4 is 11.8 Å². The second kappa shape index (κ2) is 5.96. The first-order valence-electron chi connectivity index (χ1n) is 7.56. The van der Waals surface area contributed by atoms with E-state index in [1.807, 2.05) is 19.1 Å². The van der Waals surface area contributed by atoms with Gasteiger partial charge < -0.3 is 15.0 Å². The Morgan fingerprint density at radius 3 is 2.91 bits per heavy atom. The summed E-state index contributed by atoms with van der Waals surface area (Å²) in [7, 11) is 1.57. The van der Waals surface area contributed by atoms with Crippen molar-refractivity contribution in [3.05, 3.63) is 29.3 Å². The van der Waals surface area contributed by atoms with Crippen LogP contribution in [0.25, 0.3) is 0 Å². The molecule has 0 aliphatic carbocycles. The number of hydrogen-bond acceptors (Lipinski definition) is 4. The van der Waals surface area contributed by atoms with Crippen molar-refractivity contribution < 1.29 is 14.3 Å². The Morgan fingerprint density at radius 1 is 1.32 bits per heavy atom. The fraction of sp³-hybridized carbons (Fsp3) is 0.500. The zero-order chi connectivity index (χ0) is 15.7. The number of hydrogen-bond donors (Lipinski definition) is 1. The van der Waals surface area contributed by atoms with Crippen LogP contribution in [0.1, 0.15) is 15.9 Å². The number of aryl methyl sites for hydroxylation is 1. The maximum absolute atomic E-state index is 12.9. The fourth-order valence-corrected chi connectivity index (χ4v) is 3.20. The van der Waals surface area contributed by atoms with E-state index in [0.29, 0.717) is 30.9 Å². The molecular weight excluding hydrogens is 282 g/mol. The van der Waals surface area contributed by atoms with Crippen LogP contribution < -0.4 is 10.1 Å². The van der Waals surface area contributed by atoms with Crippen molar-refractivity contribution in [2.45, 2.75) is 13.0 Å². The van der Waals surface area contributed by atoms with Crippen LogP contribution in [0.3, 0.4) is 0 Å². The molecule has 2 fully saturated rings. The van der Waals surface area contributed by atoms with E-state index in [9.17, 15) is 9.59 Å². The molecule has 6 nitrogen and oxygen atoms in total. The van der Waals surface area contributed by atoms with E-state index >= 15 is 0 Å². The van der Waals surface area contributed by atoms with Gasteiger partial charge in [0.15, 0.2) is 0 Å². The maximum Gasteiger partial charge on any atom is 0.258 e. The van der Waals surface area contributed by atoms with Gasteiger partial charge in [-0.25, -0.2) is 0 Å². The Kier molecular flexibility index (Phi) is 4.02. The van der Waals surface area contributed by atoms with Crippen molar-refractivity contribution in [2.75, 3.05) is 39.8 Å². The highest BCUT2D eigenvalue weighted by Gasteiger charge is 2.37. The van der Waals surface area contributed by atoms with Crippen molar-refractivity contribution in [3.63, 3.8) is 0 Å². The molecule has 2 heterocycles. The lowest BCUT2D eigenvalue weighted by Gasteiger charge is -2.43. The van der Waals surface area contributed by atoms with Crippen LogP contribution in [0, 0.1) is 6.92 Å². The van der Waals surface area contributed by atoms with Gasteiger partial charge in [-0.05, 0) is 18.6 Å². The second-order valence-electron chi connectivity index (χ2n) is 5.75. The van der Waals surface area contributed by atoms with Crippen molar-refractivity contribution in [1.82, 2.24) is 15.1 Å². The topological polar surface area (TPSA) is 61.9 Å². The molecule has 0 unspecified atom stereocenters. The molecule has 0 saturated carbocycles. The molecule has 6 heteroatoms. The van der Waals surface area contributed by atoms with Gasteiger partial charge in [0, 0.05) is 32.7 Å². The quantitative estimate of drug-likeness (QED) is 0.851. The van der Waals surface area contributed by atoms with E-state index in [2.05, 4.69) is 10.2 Å². The summed E-state index contributed by atoms with van der Waals surface area (Å²) in [5, 5.41) is 2.87. The minimum absolute atomic E-state index is 0.0144. The fourth-order valence-electron chi connectivity index (χ4n) is 3.20. The van der Waals surface area contributed by atoms with Gasteiger partial charge in [0.2, 0.25) is 5.91 Å². The van der Waals surface area contributed by atoms with Gasteiger partial charge in [0.25, 0.3) is 5.91 Å². The number of fused-ring (bicyclic) bond motifs is 1. The number of piperazine rings is 2. The number of nitrogens with one attached hydrogen (secondary N) is 1. The van der Waals surface area contributed by atoms with Gasteiger partial charge in [0.1, 0.15) is 11.8 Å². The Bertz CT molecular complexity index is 602. The lowest BCUT2D eigenvalue weighted by Crippen LogP contribution is -2.64. The van der Waals surface area contributed by atoms with E-state index in [4.69, 9.17) is 4.74 Å². The summed E-state index contributed by atoms with van der Waals surface area (Å²) >= 11 is 0. The number of amides is 2. The number of benzene rings is 1. The summed E-state index contributed by atoms with van der Waals surface area (Å²) in [6.07, 6.45) is 0. The number of nitrogens with zero attached hydrogens (tertiary/aromatic N) is 2. The zero-order valence-electron chi connectivity index (χ0n) is 13.0. The minimum Gasteiger partial charge on any atom is -0.496 e. The molecule has 22 heavy (non-hydrogen) atoms. The third kappa shape index (κ3) is 2.54. The molecular formula is C16H21N3O3. The molecule has 0 aromatic heterocycles. The molecule has 3 rings (SSSR count). The first-order valence-corrected chi connectivity index (χ1v) is 7.56. The van der Waals surface area contributed by atoms with E-state index in [-0.39, 0.29) is 17.9 Å². The molecule has 1 N–H and O–H groups in total. The molecule has 1 aromatic rings.